The zero-order valence-electron chi connectivity index (χ0n) is 7.21. The van der Waals surface area contributed by atoms with Crippen LogP contribution in [0.25, 0.3) is 0 Å². The first-order valence-corrected chi connectivity index (χ1v) is 4.30. The second-order valence-corrected chi connectivity index (χ2v) is 3.01. The highest BCUT2D eigenvalue weighted by molar-refractivity contribution is 4.51. The van der Waals surface area contributed by atoms with Gasteiger partial charge in [-0.15, -0.1) is 0 Å². The largest absolute Gasteiger partial charge is 0.254 e. The molecule has 0 aromatic rings. The van der Waals surface area contributed by atoms with Crippen LogP contribution >= 0.6 is 0 Å². The van der Waals surface area contributed by atoms with Gasteiger partial charge >= 0.3 is 0 Å². The van der Waals surface area contributed by atoms with Crippen molar-refractivity contribution >= 4 is 0 Å². The minimum atomic E-state index is 0.948. The van der Waals surface area contributed by atoms with Crippen LogP contribution in [0.5, 0.6) is 0 Å². The van der Waals surface area contributed by atoms with Crippen molar-refractivity contribution in [1.82, 2.24) is 15.7 Å². The first kappa shape index (κ1) is 8.93. The zero-order valence-corrected chi connectivity index (χ0v) is 7.21. The number of hydrogen-bond donors (Lipinski definition) is 2. The fourth-order valence-corrected chi connectivity index (χ4v) is 1.23. The molecule has 1 rings (SSSR count). The summed E-state index contributed by atoms with van der Waals surface area (Å²) in [5.74, 6) is 5.71. The van der Waals surface area contributed by atoms with E-state index in [9.17, 15) is 0 Å². The van der Waals surface area contributed by atoms with Gasteiger partial charge in [-0.05, 0) is 12.8 Å². The Balaban J connectivity index is 2.29. The summed E-state index contributed by atoms with van der Waals surface area (Å²) in [5, 5.41) is 3.59. The van der Waals surface area contributed by atoms with Gasteiger partial charge in [-0.2, -0.15) is 10.2 Å². The Morgan fingerprint density at radius 1 is 1.18 bits per heavy atom. The Kier molecular flexibility index (Phi) is 3.79. The lowest BCUT2D eigenvalue weighted by Gasteiger charge is -2.26. The Bertz CT molecular complexity index is 94.6. The molecule has 1 heterocycles. The van der Waals surface area contributed by atoms with Crippen LogP contribution in [0.15, 0.2) is 0 Å². The predicted octanol–water partition coefficient (Wildman–Crippen LogP) is 0.0875. The summed E-state index contributed by atoms with van der Waals surface area (Å²) in [4.78, 5) is 0. The molecule has 0 saturated carbocycles. The van der Waals surface area contributed by atoms with E-state index in [-0.39, 0.29) is 0 Å². The minimum absolute atomic E-state index is 0.948. The van der Waals surface area contributed by atoms with E-state index in [2.05, 4.69) is 5.43 Å². The maximum absolute atomic E-state index is 5.71. The van der Waals surface area contributed by atoms with E-state index in [1.54, 1.807) is 5.12 Å². The molecular formula is C7H18N4. The van der Waals surface area contributed by atoms with Gasteiger partial charge < -0.3 is 0 Å². The number of hydrazine groups is 3. The lowest BCUT2D eigenvalue weighted by molar-refractivity contribution is -0.0463. The minimum Gasteiger partial charge on any atom is -0.254 e. The summed E-state index contributed by atoms with van der Waals surface area (Å²) in [5.41, 5.74) is 3.21. The lowest BCUT2D eigenvalue weighted by Crippen LogP contribution is -2.52. The normalized spacial score (nSPS) is 25.6. The molecule has 4 heteroatoms. The molecule has 3 N–H and O–H groups in total. The average Bonchev–Trinajstić information content (AvgIpc) is 2.07. The monoisotopic (exact) mass is 158 g/mol. The van der Waals surface area contributed by atoms with Gasteiger partial charge in [0.2, 0.25) is 0 Å². The summed E-state index contributed by atoms with van der Waals surface area (Å²) >= 11 is 0. The molecule has 0 aromatic carbocycles. The maximum Gasteiger partial charge on any atom is 0.0301 e. The maximum atomic E-state index is 5.71. The molecule has 0 unspecified atom stereocenters. The van der Waals surface area contributed by atoms with Gasteiger partial charge in [0.1, 0.15) is 0 Å². The second kappa shape index (κ2) is 4.66. The van der Waals surface area contributed by atoms with Crippen LogP contribution in [0, 0.1) is 0 Å². The van der Waals surface area contributed by atoms with E-state index in [0.29, 0.717) is 0 Å². The second-order valence-electron chi connectivity index (χ2n) is 3.01. The van der Waals surface area contributed by atoms with Crippen LogP contribution in [-0.4, -0.2) is 30.4 Å². The molecule has 1 aliphatic heterocycles. The third kappa shape index (κ3) is 3.16. The van der Waals surface area contributed by atoms with Crippen molar-refractivity contribution in [1.29, 1.82) is 0 Å². The van der Waals surface area contributed by atoms with Crippen molar-refractivity contribution in [2.75, 3.05) is 20.1 Å². The first-order chi connectivity index (χ1) is 5.30. The Morgan fingerprint density at radius 3 is 2.73 bits per heavy atom. The molecular weight excluding hydrogens is 140 g/mol. The van der Waals surface area contributed by atoms with Crippen molar-refractivity contribution in [2.24, 2.45) is 5.84 Å². The van der Waals surface area contributed by atoms with Crippen LogP contribution < -0.4 is 11.3 Å². The summed E-state index contributed by atoms with van der Waals surface area (Å²) in [6.45, 7) is 1.98. The predicted molar refractivity (Wildman–Crippen MR) is 45.1 cm³/mol. The average molecular weight is 158 g/mol. The van der Waals surface area contributed by atoms with E-state index in [1.165, 1.54) is 25.7 Å². The Morgan fingerprint density at radius 2 is 1.91 bits per heavy atom. The molecule has 0 radical (unpaired) electrons. The van der Waals surface area contributed by atoms with Crippen LogP contribution in [-0.2, 0) is 0 Å². The highest BCUT2D eigenvalue weighted by atomic mass is 15.9. The van der Waals surface area contributed by atoms with Gasteiger partial charge in [-0.25, -0.2) is 5.43 Å². The molecule has 0 amide bonds. The molecule has 4 nitrogen and oxygen atoms in total. The van der Waals surface area contributed by atoms with Crippen molar-refractivity contribution in [2.45, 2.75) is 25.7 Å². The van der Waals surface area contributed by atoms with Gasteiger partial charge in [0.05, 0.1) is 0 Å². The smallest absolute Gasteiger partial charge is 0.0301 e. The quantitative estimate of drug-likeness (QED) is 0.490. The molecule has 1 saturated heterocycles. The van der Waals surface area contributed by atoms with Crippen LogP contribution in [0.3, 0.4) is 0 Å². The summed E-state index contributed by atoms with van der Waals surface area (Å²) in [7, 11) is 1.95. The number of hydrogen-bond acceptors (Lipinski definition) is 4. The molecule has 0 aromatic heterocycles. The zero-order chi connectivity index (χ0) is 8.10. The molecule has 1 fully saturated rings. The van der Waals surface area contributed by atoms with Crippen molar-refractivity contribution in [3.05, 3.63) is 0 Å². The highest BCUT2D eigenvalue weighted by Crippen LogP contribution is 2.02. The van der Waals surface area contributed by atoms with Crippen LogP contribution in [0.1, 0.15) is 25.7 Å². The fraction of sp³-hybridized carbons (Fsp3) is 1.00. The van der Waals surface area contributed by atoms with Crippen molar-refractivity contribution < 1.29 is 0 Å². The van der Waals surface area contributed by atoms with Crippen molar-refractivity contribution in [3.8, 4) is 0 Å². The van der Waals surface area contributed by atoms with Gasteiger partial charge in [0, 0.05) is 20.1 Å². The topological polar surface area (TPSA) is 44.5 Å². The highest BCUT2D eigenvalue weighted by Gasteiger charge is 2.06. The van der Waals surface area contributed by atoms with E-state index < -0.39 is 0 Å². The number of nitrogens with zero attached hydrogens (tertiary/aromatic N) is 2. The van der Waals surface area contributed by atoms with Gasteiger partial charge in [0.15, 0.2) is 0 Å². The van der Waals surface area contributed by atoms with E-state index in [0.717, 1.165) is 13.1 Å². The SMILES string of the molecule is CN1NCCCCCCN1N. The Labute approximate surface area is 68.2 Å². The molecule has 0 bridgehead atoms. The number of rotatable bonds is 0. The third-order valence-electron chi connectivity index (χ3n) is 2.04. The number of nitrogens with two attached hydrogens (primary N) is 1. The molecule has 1 aliphatic rings. The fourth-order valence-electron chi connectivity index (χ4n) is 1.23. The van der Waals surface area contributed by atoms with E-state index >= 15 is 0 Å². The molecule has 66 valence electrons. The van der Waals surface area contributed by atoms with Crippen LogP contribution in [0.2, 0.25) is 0 Å². The summed E-state index contributed by atoms with van der Waals surface area (Å²) in [6, 6.07) is 0. The summed E-state index contributed by atoms with van der Waals surface area (Å²) in [6.07, 6.45) is 5.05. The molecule has 0 spiro atoms. The van der Waals surface area contributed by atoms with Gasteiger partial charge in [-0.1, -0.05) is 12.8 Å². The third-order valence-corrected chi connectivity index (χ3v) is 2.04. The lowest BCUT2D eigenvalue weighted by atomic mass is 10.2. The van der Waals surface area contributed by atoms with Gasteiger partial charge in [-0.3, -0.25) is 5.84 Å². The van der Waals surface area contributed by atoms with Gasteiger partial charge in [0.25, 0.3) is 0 Å². The first-order valence-electron chi connectivity index (χ1n) is 4.30. The summed E-state index contributed by atoms with van der Waals surface area (Å²) < 4.78 is 0. The van der Waals surface area contributed by atoms with E-state index in [4.69, 9.17) is 5.84 Å². The standard InChI is InChI=1S/C7H18N4/c1-10-9-6-4-2-3-5-7-11(10)8/h9H,2-8H2,1H3. The molecule has 0 aliphatic carbocycles. The number of nitrogens with one attached hydrogen (secondary N) is 1. The van der Waals surface area contributed by atoms with Crippen molar-refractivity contribution in [3.63, 3.8) is 0 Å². The van der Waals surface area contributed by atoms with E-state index in [1.807, 2.05) is 12.2 Å². The molecule has 0 atom stereocenters. The van der Waals surface area contributed by atoms with Crippen LogP contribution in [0.4, 0.5) is 0 Å². The molecule has 11 heavy (non-hydrogen) atoms. The Hall–Kier alpha value is -0.160.